The van der Waals surface area contributed by atoms with Crippen LogP contribution in [0.2, 0.25) is 0 Å². The van der Waals surface area contributed by atoms with Crippen LogP contribution in [-0.4, -0.2) is 6.54 Å². The maximum absolute atomic E-state index is 5.50. The molecule has 1 N–H and O–H groups in total. The second-order valence-electron chi connectivity index (χ2n) is 5.06. The Bertz CT molecular complexity index is 594. The van der Waals surface area contributed by atoms with E-state index >= 15 is 0 Å². The summed E-state index contributed by atoms with van der Waals surface area (Å²) in [5, 5.41) is 3.57. The van der Waals surface area contributed by atoms with Gasteiger partial charge in [-0.2, -0.15) is 0 Å². The first-order valence-electron chi connectivity index (χ1n) is 6.96. The SMILES string of the molecule is CCNC(c1ccc(Br)cc1)c1ccc2c(c1)COC2. The molecule has 0 amide bonds. The van der Waals surface area contributed by atoms with Gasteiger partial charge in [-0.15, -0.1) is 0 Å². The molecule has 2 aromatic carbocycles. The van der Waals surface area contributed by atoms with Crippen LogP contribution < -0.4 is 5.32 Å². The largest absolute Gasteiger partial charge is 0.372 e. The number of halogens is 1. The molecule has 0 aromatic heterocycles. The standard InChI is InChI=1S/C17H18BrNO/c1-2-19-17(12-5-7-16(18)8-6-12)13-3-4-14-10-20-11-15(14)9-13/h3-9,17,19H,2,10-11H2,1H3. The zero-order valence-electron chi connectivity index (χ0n) is 11.5. The molecule has 3 heteroatoms. The number of ether oxygens (including phenoxy) is 1. The molecule has 1 aliphatic rings. The summed E-state index contributed by atoms with van der Waals surface area (Å²) in [6, 6.07) is 15.4. The Morgan fingerprint density at radius 2 is 1.75 bits per heavy atom. The molecule has 1 aliphatic heterocycles. The third kappa shape index (κ3) is 2.80. The lowest BCUT2D eigenvalue weighted by Gasteiger charge is -2.20. The number of hydrogen-bond acceptors (Lipinski definition) is 2. The quantitative estimate of drug-likeness (QED) is 0.907. The fraction of sp³-hybridized carbons (Fsp3) is 0.294. The van der Waals surface area contributed by atoms with E-state index < -0.39 is 0 Å². The fourth-order valence-electron chi connectivity index (χ4n) is 2.66. The molecule has 2 nitrogen and oxygen atoms in total. The Morgan fingerprint density at radius 3 is 2.50 bits per heavy atom. The summed E-state index contributed by atoms with van der Waals surface area (Å²) in [6.07, 6.45) is 0. The van der Waals surface area contributed by atoms with Crippen molar-refractivity contribution >= 4 is 15.9 Å². The van der Waals surface area contributed by atoms with Gasteiger partial charge in [-0.1, -0.05) is 53.2 Å². The van der Waals surface area contributed by atoms with E-state index in [0.29, 0.717) is 0 Å². The van der Waals surface area contributed by atoms with Crippen LogP contribution >= 0.6 is 15.9 Å². The molecule has 20 heavy (non-hydrogen) atoms. The molecule has 0 saturated heterocycles. The average Bonchev–Trinajstić information content (AvgIpc) is 2.93. The van der Waals surface area contributed by atoms with Crippen molar-refractivity contribution < 1.29 is 4.74 Å². The zero-order chi connectivity index (χ0) is 13.9. The van der Waals surface area contributed by atoms with Crippen LogP contribution in [0.1, 0.15) is 35.2 Å². The van der Waals surface area contributed by atoms with Crippen molar-refractivity contribution in [2.45, 2.75) is 26.2 Å². The molecule has 104 valence electrons. The lowest BCUT2D eigenvalue weighted by molar-refractivity contribution is 0.134. The molecule has 0 fully saturated rings. The zero-order valence-corrected chi connectivity index (χ0v) is 13.1. The van der Waals surface area contributed by atoms with Gasteiger partial charge in [0.1, 0.15) is 0 Å². The van der Waals surface area contributed by atoms with Crippen molar-refractivity contribution in [1.82, 2.24) is 5.32 Å². The number of nitrogens with one attached hydrogen (secondary N) is 1. The van der Waals surface area contributed by atoms with E-state index in [4.69, 9.17) is 4.74 Å². The highest BCUT2D eigenvalue weighted by molar-refractivity contribution is 9.10. The van der Waals surface area contributed by atoms with Crippen molar-refractivity contribution in [3.05, 3.63) is 69.2 Å². The van der Waals surface area contributed by atoms with Crippen LogP contribution in [0.4, 0.5) is 0 Å². The summed E-state index contributed by atoms with van der Waals surface area (Å²) < 4.78 is 6.61. The molecule has 2 aromatic rings. The van der Waals surface area contributed by atoms with E-state index in [1.54, 1.807) is 0 Å². The molecule has 1 unspecified atom stereocenters. The van der Waals surface area contributed by atoms with Crippen LogP contribution in [0.5, 0.6) is 0 Å². The molecule has 0 bridgehead atoms. The van der Waals surface area contributed by atoms with Gasteiger partial charge in [-0.25, -0.2) is 0 Å². The second-order valence-corrected chi connectivity index (χ2v) is 5.98. The predicted octanol–water partition coefficient (Wildman–Crippen LogP) is 4.18. The lowest BCUT2D eigenvalue weighted by Crippen LogP contribution is -2.22. The first-order valence-corrected chi connectivity index (χ1v) is 7.75. The van der Waals surface area contributed by atoms with Gasteiger partial charge in [-0.3, -0.25) is 0 Å². The molecule has 0 aliphatic carbocycles. The lowest BCUT2D eigenvalue weighted by atomic mass is 9.95. The second kappa shape index (κ2) is 6.08. The summed E-state index contributed by atoms with van der Waals surface area (Å²) in [5.74, 6) is 0. The van der Waals surface area contributed by atoms with Gasteiger partial charge < -0.3 is 10.1 Å². The summed E-state index contributed by atoms with van der Waals surface area (Å²) >= 11 is 3.49. The first kappa shape index (κ1) is 13.8. The summed E-state index contributed by atoms with van der Waals surface area (Å²) in [4.78, 5) is 0. The van der Waals surface area contributed by atoms with E-state index in [0.717, 1.165) is 24.2 Å². The number of rotatable bonds is 4. The monoisotopic (exact) mass is 331 g/mol. The fourth-order valence-corrected chi connectivity index (χ4v) is 2.92. The molecule has 1 atom stereocenters. The molecule has 0 saturated carbocycles. The van der Waals surface area contributed by atoms with Gasteiger partial charge in [0, 0.05) is 4.47 Å². The summed E-state index contributed by atoms with van der Waals surface area (Å²) in [7, 11) is 0. The molecular formula is C17H18BrNO. The number of hydrogen-bond donors (Lipinski definition) is 1. The highest BCUT2D eigenvalue weighted by Crippen LogP contribution is 2.28. The Hall–Kier alpha value is -1.16. The summed E-state index contributed by atoms with van der Waals surface area (Å²) in [5.41, 5.74) is 5.23. The highest BCUT2D eigenvalue weighted by atomic mass is 79.9. The third-order valence-corrected chi connectivity index (χ3v) is 4.22. The van der Waals surface area contributed by atoms with Crippen molar-refractivity contribution in [2.75, 3.05) is 6.54 Å². The molecule has 1 heterocycles. The smallest absolute Gasteiger partial charge is 0.0725 e. The van der Waals surface area contributed by atoms with Crippen LogP contribution in [0.3, 0.4) is 0 Å². The van der Waals surface area contributed by atoms with Crippen molar-refractivity contribution in [3.8, 4) is 0 Å². The Balaban J connectivity index is 1.95. The van der Waals surface area contributed by atoms with Gasteiger partial charge in [-0.05, 0) is 40.9 Å². The Kier molecular flexibility index (Phi) is 4.20. The maximum atomic E-state index is 5.50. The van der Waals surface area contributed by atoms with E-state index in [-0.39, 0.29) is 6.04 Å². The van der Waals surface area contributed by atoms with Gasteiger partial charge in [0.15, 0.2) is 0 Å². The Labute approximate surface area is 128 Å². The molecule has 3 rings (SSSR count). The highest BCUT2D eigenvalue weighted by Gasteiger charge is 2.17. The number of benzene rings is 2. The topological polar surface area (TPSA) is 21.3 Å². The van der Waals surface area contributed by atoms with Crippen LogP contribution in [0, 0.1) is 0 Å². The van der Waals surface area contributed by atoms with E-state index in [2.05, 4.69) is 70.6 Å². The minimum atomic E-state index is 0.235. The molecule has 0 spiro atoms. The number of fused-ring (bicyclic) bond motifs is 1. The maximum Gasteiger partial charge on any atom is 0.0725 e. The minimum Gasteiger partial charge on any atom is -0.372 e. The van der Waals surface area contributed by atoms with Crippen molar-refractivity contribution in [3.63, 3.8) is 0 Å². The average molecular weight is 332 g/mol. The van der Waals surface area contributed by atoms with Gasteiger partial charge >= 0.3 is 0 Å². The van der Waals surface area contributed by atoms with E-state index in [1.165, 1.54) is 22.3 Å². The van der Waals surface area contributed by atoms with Gasteiger partial charge in [0.05, 0.1) is 19.3 Å². The minimum absolute atomic E-state index is 0.235. The summed E-state index contributed by atoms with van der Waals surface area (Å²) in [6.45, 7) is 4.57. The van der Waals surface area contributed by atoms with Crippen LogP contribution in [0.25, 0.3) is 0 Å². The molecule has 0 radical (unpaired) electrons. The molecular weight excluding hydrogens is 314 g/mol. The third-order valence-electron chi connectivity index (χ3n) is 3.69. The van der Waals surface area contributed by atoms with Crippen molar-refractivity contribution in [1.29, 1.82) is 0 Å². The first-order chi connectivity index (χ1) is 9.78. The normalized spacial score (nSPS) is 15.1. The van der Waals surface area contributed by atoms with Crippen LogP contribution in [-0.2, 0) is 18.0 Å². The predicted molar refractivity (Wildman–Crippen MR) is 84.6 cm³/mol. The Morgan fingerprint density at radius 1 is 1.05 bits per heavy atom. The van der Waals surface area contributed by atoms with Crippen LogP contribution in [0.15, 0.2) is 46.9 Å². The van der Waals surface area contributed by atoms with E-state index in [9.17, 15) is 0 Å². The van der Waals surface area contributed by atoms with Gasteiger partial charge in [0.25, 0.3) is 0 Å². The van der Waals surface area contributed by atoms with Gasteiger partial charge in [0.2, 0.25) is 0 Å². The van der Waals surface area contributed by atoms with Crippen molar-refractivity contribution in [2.24, 2.45) is 0 Å². The van der Waals surface area contributed by atoms with E-state index in [1.807, 2.05) is 0 Å².